The van der Waals surface area contributed by atoms with E-state index in [0.29, 0.717) is 11.6 Å². The Labute approximate surface area is 178 Å². The standard InChI is InChI=1S/C24H29ClN2O2/c1-17-7-9-20(10-8-17)16-27(18(2)24(29)26-22-5-3-4-6-22)23(28)15-19-11-13-21(25)14-12-19/h7-14,18,22H,3-6,15-16H2,1-2H3,(H,26,29)/t18-/m1/s1. The summed E-state index contributed by atoms with van der Waals surface area (Å²) in [7, 11) is 0. The molecule has 0 saturated heterocycles. The maximum absolute atomic E-state index is 13.2. The normalized spacial score (nSPS) is 15.1. The molecule has 1 atom stereocenters. The summed E-state index contributed by atoms with van der Waals surface area (Å²) in [6.07, 6.45) is 4.60. The number of benzene rings is 2. The van der Waals surface area contributed by atoms with E-state index in [2.05, 4.69) is 5.32 Å². The zero-order valence-electron chi connectivity index (χ0n) is 17.2. The first-order valence-electron chi connectivity index (χ1n) is 10.3. The Morgan fingerprint density at radius 2 is 1.62 bits per heavy atom. The number of halogens is 1. The first kappa shape index (κ1) is 21.4. The van der Waals surface area contributed by atoms with Crippen LogP contribution < -0.4 is 5.32 Å². The van der Waals surface area contributed by atoms with E-state index in [1.165, 1.54) is 5.56 Å². The van der Waals surface area contributed by atoms with Crippen LogP contribution in [0.5, 0.6) is 0 Å². The van der Waals surface area contributed by atoms with Crippen LogP contribution in [0.2, 0.25) is 5.02 Å². The summed E-state index contributed by atoms with van der Waals surface area (Å²) in [5.41, 5.74) is 3.07. The summed E-state index contributed by atoms with van der Waals surface area (Å²) >= 11 is 5.96. The fraction of sp³-hybridized carbons (Fsp3) is 0.417. The Hall–Kier alpha value is -2.33. The second-order valence-electron chi connectivity index (χ2n) is 7.98. The first-order valence-corrected chi connectivity index (χ1v) is 10.7. The lowest BCUT2D eigenvalue weighted by atomic mass is 10.1. The predicted octanol–water partition coefficient (Wildman–Crippen LogP) is 4.67. The van der Waals surface area contributed by atoms with Gasteiger partial charge in [0.1, 0.15) is 6.04 Å². The lowest BCUT2D eigenvalue weighted by molar-refractivity contribution is -0.140. The molecule has 0 radical (unpaired) electrons. The molecular weight excluding hydrogens is 384 g/mol. The van der Waals surface area contributed by atoms with Gasteiger partial charge in [0, 0.05) is 17.6 Å². The van der Waals surface area contributed by atoms with Crippen molar-refractivity contribution in [3.63, 3.8) is 0 Å². The maximum atomic E-state index is 13.2. The van der Waals surface area contributed by atoms with Crippen molar-refractivity contribution in [1.29, 1.82) is 0 Å². The second kappa shape index (κ2) is 9.93. The molecule has 2 aromatic rings. The minimum atomic E-state index is -0.531. The van der Waals surface area contributed by atoms with E-state index in [0.717, 1.165) is 36.8 Å². The van der Waals surface area contributed by atoms with Gasteiger partial charge in [-0.2, -0.15) is 0 Å². The summed E-state index contributed by atoms with van der Waals surface area (Å²) < 4.78 is 0. The zero-order valence-corrected chi connectivity index (χ0v) is 17.9. The molecule has 1 saturated carbocycles. The SMILES string of the molecule is Cc1ccc(CN(C(=O)Cc2ccc(Cl)cc2)[C@H](C)C(=O)NC2CCCC2)cc1. The molecule has 1 aliphatic rings. The van der Waals surface area contributed by atoms with Crippen molar-refractivity contribution in [1.82, 2.24) is 10.2 Å². The largest absolute Gasteiger partial charge is 0.352 e. The van der Waals surface area contributed by atoms with Gasteiger partial charge in [-0.1, -0.05) is 66.4 Å². The van der Waals surface area contributed by atoms with E-state index in [1.54, 1.807) is 17.0 Å². The Kier molecular flexibility index (Phi) is 7.32. The average molecular weight is 413 g/mol. The molecular formula is C24H29ClN2O2. The van der Waals surface area contributed by atoms with Crippen molar-refractivity contribution < 1.29 is 9.59 Å². The van der Waals surface area contributed by atoms with Crippen LogP contribution in [0.15, 0.2) is 48.5 Å². The number of carbonyl (C=O) groups excluding carboxylic acids is 2. The molecule has 29 heavy (non-hydrogen) atoms. The quantitative estimate of drug-likeness (QED) is 0.718. The number of amides is 2. The highest BCUT2D eigenvalue weighted by Crippen LogP contribution is 2.19. The minimum Gasteiger partial charge on any atom is -0.352 e. The van der Waals surface area contributed by atoms with Gasteiger partial charge in [-0.05, 0) is 49.9 Å². The van der Waals surface area contributed by atoms with Gasteiger partial charge in [-0.25, -0.2) is 0 Å². The second-order valence-corrected chi connectivity index (χ2v) is 8.41. The van der Waals surface area contributed by atoms with Crippen LogP contribution in [0.4, 0.5) is 0 Å². The third-order valence-corrected chi connectivity index (χ3v) is 5.86. The van der Waals surface area contributed by atoms with Crippen molar-refractivity contribution in [3.05, 3.63) is 70.2 Å². The van der Waals surface area contributed by atoms with Crippen LogP contribution in [-0.2, 0) is 22.6 Å². The number of rotatable bonds is 7. The minimum absolute atomic E-state index is 0.0676. The summed E-state index contributed by atoms with van der Waals surface area (Å²) in [4.78, 5) is 27.7. The monoisotopic (exact) mass is 412 g/mol. The van der Waals surface area contributed by atoms with E-state index >= 15 is 0 Å². The lowest BCUT2D eigenvalue weighted by Gasteiger charge is -2.30. The van der Waals surface area contributed by atoms with Crippen LogP contribution in [0.3, 0.4) is 0 Å². The highest BCUT2D eigenvalue weighted by Gasteiger charge is 2.28. The molecule has 0 unspecified atom stereocenters. The van der Waals surface area contributed by atoms with Gasteiger partial charge >= 0.3 is 0 Å². The Bertz CT molecular complexity index is 827. The Balaban J connectivity index is 1.75. The topological polar surface area (TPSA) is 49.4 Å². The molecule has 0 aliphatic heterocycles. The van der Waals surface area contributed by atoms with Crippen molar-refractivity contribution in [2.24, 2.45) is 0 Å². The molecule has 1 N–H and O–H groups in total. The van der Waals surface area contributed by atoms with Gasteiger partial charge < -0.3 is 10.2 Å². The lowest BCUT2D eigenvalue weighted by Crippen LogP contribution is -2.50. The van der Waals surface area contributed by atoms with Crippen LogP contribution >= 0.6 is 11.6 Å². The van der Waals surface area contributed by atoms with E-state index in [1.807, 2.05) is 50.2 Å². The van der Waals surface area contributed by atoms with Gasteiger partial charge in [0.15, 0.2) is 0 Å². The maximum Gasteiger partial charge on any atom is 0.242 e. The van der Waals surface area contributed by atoms with Gasteiger partial charge in [0.2, 0.25) is 11.8 Å². The molecule has 1 fully saturated rings. The summed E-state index contributed by atoms with van der Waals surface area (Å²) in [5, 5.41) is 3.77. The number of nitrogens with one attached hydrogen (secondary N) is 1. The van der Waals surface area contributed by atoms with Gasteiger partial charge in [0.25, 0.3) is 0 Å². The van der Waals surface area contributed by atoms with Crippen molar-refractivity contribution >= 4 is 23.4 Å². The van der Waals surface area contributed by atoms with E-state index in [9.17, 15) is 9.59 Å². The zero-order chi connectivity index (χ0) is 20.8. The van der Waals surface area contributed by atoms with Crippen LogP contribution in [-0.4, -0.2) is 28.8 Å². The van der Waals surface area contributed by atoms with E-state index < -0.39 is 6.04 Å². The number of aryl methyl sites for hydroxylation is 1. The Morgan fingerprint density at radius 3 is 2.24 bits per heavy atom. The molecule has 1 aliphatic carbocycles. The number of nitrogens with zero attached hydrogens (tertiary/aromatic N) is 1. The molecule has 3 rings (SSSR count). The van der Waals surface area contributed by atoms with E-state index in [-0.39, 0.29) is 24.3 Å². The third-order valence-electron chi connectivity index (χ3n) is 5.61. The average Bonchev–Trinajstić information content (AvgIpc) is 3.21. The third kappa shape index (κ3) is 6.07. The van der Waals surface area contributed by atoms with E-state index in [4.69, 9.17) is 11.6 Å². The molecule has 5 heteroatoms. The highest BCUT2D eigenvalue weighted by molar-refractivity contribution is 6.30. The molecule has 0 heterocycles. The van der Waals surface area contributed by atoms with Crippen LogP contribution in [0.1, 0.15) is 49.3 Å². The van der Waals surface area contributed by atoms with Crippen molar-refractivity contribution in [2.75, 3.05) is 0 Å². The smallest absolute Gasteiger partial charge is 0.242 e. The first-order chi connectivity index (χ1) is 13.9. The summed E-state index contributed by atoms with van der Waals surface area (Å²) in [6, 6.07) is 15.1. The van der Waals surface area contributed by atoms with Gasteiger partial charge in [-0.15, -0.1) is 0 Å². The van der Waals surface area contributed by atoms with Gasteiger partial charge in [-0.3, -0.25) is 9.59 Å². The van der Waals surface area contributed by atoms with Gasteiger partial charge in [0.05, 0.1) is 6.42 Å². The summed E-state index contributed by atoms with van der Waals surface area (Å²) in [5.74, 6) is -0.143. The molecule has 2 amide bonds. The predicted molar refractivity (Wildman–Crippen MR) is 117 cm³/mol. The molecule has 0 aromatic heterocycles. The van der Waals surface area contributed by atoms with Crippen molar-refractivity contribution in [2.45, 2.75) is 64.6 Å². The number of carbonyl (C=O) groups is 2. The van der Waals surface area contributed by atoms with Crippen molar-refractivity contribution in [3.8, 4) is 0 Å². The Morgan fingerprint density at radius 1 is 1.03 bits per heavy atom. The molecule has 4 nitrogen and oxygen atoms in total. The summed E-state index contributed by atoms with van der Waals surface area (Å²) in [6.45, 7) is 4.26. The fourth-order valence-electron chi connectivity index (χ4n) is 3.74. The molecule has 0 bridgehead atoms. The highest BCUT2D eigenvalue weighted by atomic mass is 35.5. The molecule has 2 aromatic carbocycles. The number of hydrogen-bond acceptors (Lipinski definition) is 2. The number of hydrogen-bond donors (Lipinski definition) is 1. The van der Waals surface area contributed by atoms with Crippen LogP contribution in [0, 0.1) is 6.92 Å². The molecule has 154 valence electrons. The fourth-order valence-corrected chi connectivity index (χ4v) is 3.87. The van der Waals surface area contributed by atoms with Crippen LogP contribution in [0.25, 0.3) is 0 Å². The molecule has 0 spiro atoms.